The number of ether oxygens (including phenoxy) is 1. The summed E-state index contributed by atoms with van der Waals surface area (Å²) in [5.74, 6) is 0.964. The van der Waals surface area contributed by atoms with Crippen molar-refractivity contribution in [3.05, 3.63) is 89.0 Å². The van der Waals surface area contributed by atoms with Gasteiger partial charge in [-0.3, -0.25) is 0 Å². The van der Waals surface area contributed by atoms with Crippen LogP contribution in [0.15, 0.2) is 65.5 Å². The third-order valence-electron chi connectivity index (χ3n) is 5.49. The highest BCUT2D eigenvalue weighted by molar-refractivity contribution is 5.82. The van der Waals surface area contributed by atoms with Gasteiger partial charge in [0.15, 0.2) is 0 Å². The normalized spacial score (nSPS) is 10.7. The zero-order valence-electron chi connectivity index (χ0n) is 20.2. The predicted molar refractivity (Wildman–Crippen MR) is 139 cm³/mol. The fourth-order valence-electron chi connectivity index (χ4n) is 3.90. The van der Waals surface area contributed by atoms with Crippen molar-refractivity contribution in [2.24, 2.45) is 0 Å². The number of hydrogen-bond acceptors (Lipinski definition) is 8. The van der Waals surface area contributed by atoms with Crippen molar-refractivity contribution < 1.29 is 9.15 Å². The fraction of sp³-hybridized carbons (Fsp3) is 0.143. The van der Waals surface area contributed by atoms with E-state index < -0.39 is 0 Å². The van der Waals surface area contributed by atoms with Gasteiger partial charge in [0, 0.05) is 30.1 Å². The lowest BCUT2D eigenvalue weighted by Crippen LogP contribution is -2.09. The van der Waals surface area contributed by atoms with Gasteiger partial charge in [0.1, 0.15) is 5.82 Å². The van der Waals surface area contributed by atoms with Crippen LogP contribution in [-0.2, 0) is 11.3 Å². The van der Waals surface area contributed by atoms with Crippen LogP contribution >= 0.6 is 0 Å². The van der Waals surface area contributed by atoms with E-state index in [4.69, 9.17) is 29.6 Å². The van der Waals surface area contributed by atoms with Gasteiger partial charge >= 0.3 is 0 Å². The first kappa shape index (κ1) is 24.2. The molecule has 0 aliphatic carbocycles. The smallest absolute Gasteiger partial charge is 0.229 e. The number of nitrogens with zero attached hydrogens (tertiary/aromatic N) is 4. The van der Waals surface area contributed by atoms with Gasteiger partial charge in [-0.25, -0.2) is 4.98 Å². The first-order chi connectivity index (χ1) is 17.5. The van der Waals surface area contributed by atoms with Crippen LogP contribution in [0.3, 0.4) is 0 Å². The Hall–Kier alpha value is -4.92. The van der Waals surface area contributed by atoms with E-state index in [1.54, 1.807) is 50.0 Å². The number of furan rings is 1. The van der Waals surface area contributed by atoms with Gasteiger partial charge in [0.25, 0.3) is 0 Å². The lowest BCUT2D eigenvalue weighted by Gasteiger charge is -2.19. The van der Waals surface area contributed by atoms with E-state index in [2.05, 4.69) is 16.7 Å². The van der Waals surface area contributed by atoms with Crippen LogP contribution < -0.4 is 10.6 Å². The molecule has 0 amide bonds. The van der Waals surface area contributed by atoms with E-state index in [1.807, 2.05) is 38.1 Å². The van der Waals surface area contributed by atoms with Crippen molar-refractivity contribution in [2.75, 3.05) is 17.7 Å². The minimum Gasteiger partial charge on any atom is -0.472 e. The number of allylic oxidation sites excluding steroid dienone is 1. The number of aryl methyl sites for hydroxylation is 2. The van der Waals surface area contributed by atoms with E-state index in [-0.39, 0.29) is 6.61 Å². The van der Waals surface area contributed by atoms with E-state index in [9.17, 15) is 0 Å². The van der Waals surface area contributed by atoms with Crippen LogP contribution in [-0.4, -0.2) is 17.1 Å². The van der Waals surface area contributed by atoms with Gasteiger partial charge < -0.3 is 19.8 Å². The monoisotopic (exact) mass is 476 g/mol. The maximum absolute atomic E-state index is 9.07. The standard InChI is InChI=1S/C28H24N6O2/c1-18-13-21(5-4-11-29)14-19(2)26(18)33-27-25(22-10-12-36-16-22)24(17-35-3)32-28(34-27)31-23-8-6-20(15-30)7-9-23/h4-10,12-14,16H,17H2,1-3H3,(H2,31,32,33,34)/b5-4+. The second-order valence-electron chi connectivity index (χ2n) is 8.09. The molecule has 0 aliphatic heterocycles. The maximum Gasteiger partial charge on any atom is 0.229 e. The summed E-state index contributed by atoms with van der Waals surface area (Å²) in [5.41, 5.74) is 7.42. The van der Waals surface area contributed by atoms with Crippen molar-refractivity contribution in [3.63, 3.8) is 0 Å². The van der Waals surface area contributed by atoms with Crippen molar-refractivity contribution in [1.29, 1.82) is 10.5 Å². The molecule has 0 aliphatic rings. The zero-order valence-corrected chi connectivity index (χ0v) is 20.2. The Bertz CT molecular complexity index is 1450. The first-order valence-electron chi connectivity index (χ1n) is 11.2. The number of nitrogens with one attached hydrogen (secondary N) is 2. The minimum absolute atomic E-state index is 0.260. The molecule has 0 saturated heterocycles. The molecule has 0 fully saturated rings. The molecule has 8 nitrogen and oxygen atoms in total. The number of nitriles is 2. The quantitative estimate of drug-likeness (QED) is 0.281. The van der Waals surface area contributed by atoms with Crippen molar-refractivity contribution in [1.82, 2.24) is 9.97 Å². The summed E-state index contributed by atoms with van der Waals surface area (Å²) in [6.07, 6.45) is 6.49. The molecule has 0 bridgehead atoms. The Morgan fingerprint density at radius 3 is 2.39 bits per heavy atom. The number of rotatable bonds is 8. The Labute approximate surface area is 209 Å². The molecule has 36 heavy (non-hydrogen) atoms. The summed E-state index contributed by atoms with van der Waals surface area (Å²) >= 11 is 0. The van der Waals surface area contributed by atoms with Gasteiger partial charge in [0.05, 0.1) is 48.1 Å². The summed E-state index contributed by atoms with van der Waals surface area (Å²) in [6, 6.07) is 17.1. The van der Waals surface area contributed by atoms with Crippen LogP contribution in [0.1, 0.15) is 27.9 Å². The van der Waals surface area contributed by atoms with Gasteiger partial charge in [-0.1, -0.05) is 0 Å². The van der Waals surface area contributed by atoms with Gasteiger partial charge in [-0.15, -0.1) is 0 Å². The lowest BCUT2D eigenvalue weighted by atomic mass is 10.0. The number of aromatic nitrogens is 2. The predicted octanol–water partition coefficient (Wildman–Crippen LogP) is 6.40. The molecular formula is C28H24N6O2. The highest BCUT2D eigenvalue weighted by Crippen LogP contribution is 2.36. The second kappa shape index (κ2) is 11.0. The molecule has 8 heteroatoms. The second-order valence-corrected chi connectivity index (χ2v) is 8.09. The molecule has 2 aromatic carbocycles. The number of benzene rings is 2. The van der Waals surface area contributed by atoms with Crippen molar-refractivity contribution in [2.45, 2.75) is 20.5 Å². The number of anilines is 4. The molecule has 4 rings (SSSR count). The molecule has 2 N–H and O–H groups in total. The van der Waals surface area contributed by atoms with Gasteiger partial charge in [-0.2, -0.15) is 15.5 Å². The maximum atomic E-state index is 9.07. The van der Waals surface area contributed by atoms with Crippen LogP contribution in [0.5, 0.6) is 0 Å². The molecule has 2 aromatic heterocycles. The molecule has 0 unspecified atom stereocenters. The van der Waals surface area contributed by atoms with Crippen LogP contribution in [0.4, 0.5) is 23.1 Å². The molecule has 2 heterocycles. The minimum atomic E-state index is 0.260. The summed E-state index contributed by atoms with van der Waals surface area (Å²) in [7, 11) is 1.61. The highest BCUT2D eigenvalue weighted by Gasteiger charge is 2.19. The lowest BCUT2D eigenvalue weighted by molar-refractivity contribution is 0.182. The highest BCUT2D eigenvalue weighted by atomic mass is 16.5. The molecule has 0 spiro atoms. The topological polar surface area (TPSA) is 120 Å². The summed E-state index contributed by atoms with van der Waals surface area (Å²) in [4.78, 5) is 9.52. The largest absolute Gasteiger partial charge is 0.472 e. The van der Waals surface area contributed by atoms with Crippen molar-refractivity contribution >= 4 is 29.2 Å². The van der Waals surface area contributed by atoms with Crippen LogP contribution in [0.2, 0.25) is 0 Å². The number of methoxy groups -OCH3 is 1. The van der Waals surface area contributed by atoms with Crippen LogP contribution in [0, 0.1) is 36.5 Å². The molecule has 178 valence electrons. The Kier molecular flexibility index (Phi) is 7.40. The molecule has 4 aromatic rings. The Balaban J connectivity index is 1.81. The average Bonchev–Trinajstić information content (AvgIpc) is 3.40. The summed E-state index contributed by atoms with van der Waals surface area (Å²) in [5, 5.41) is 24.7. The fourth-order valence-corrected chi connectivity index (χ4v) is 3.90. The first-order valence-corrected chi connectivity index (χ1v) is 11.2. The van der Waals surface area contributed by atoms with E-state index in [0.717, 1.165) is 39.2 Å². The van der Waals surface area contributed by atoms with Gasteiger partial charge in [0.2, 0.25) is 5.95 Å². The zero-order chi connectivity index (χ0) is 25.5. The summed E-state index contributed by atoms with van der Waals surface area (Å²) in [6.45, 7) is 4.27. The van der Waals surface area contributed by atoms with Crippen LogP contribution in [0.25, 0.3) is 17.2 Å². The third-order valence-corrected chi connectivity index (χ3v) is 5.49. The van der Waals surface area contributed by atoms with E-state index in [1.165, 1.54) is 6.08 Å². The summed E-state index contributed by atoms with van der Waals surface area (Å²) < 4.78 is 10.8. The van der Waals surface area contributed by atoms with Gasteiger partial charge in [-0.05, 0) is 79.1 Å². The Morgan fingerprint density at radius 1 is 1.03 bits per heavy atom. The average molecular weight is 477 g/mol. The Morgan fingerprint density at radius 2 is 1.78 bits per heavy atom. The SMILES string of the molecule is COCc1nc(Nc2ccc(C#N)cc2)nc(Nc2c(C)cc(/C=C/C#N)cc2C)c1-c1ccoc1. The molecule has 0 radical (unpaired) electrons. The molecule has 0 saturated carbocycles. The molecular weight excluding hydrogens is 452 g/mol. The van der Waals surface area contributed by atoms with Crippen molar-refractivity contribution in [3.8, 4) is 23.3 Å². The third kappa shape index (κ3) is 5.41. The number of hydrogen-bond donors (Lipinski definition) is 2. The van der Waals surface area contributed by atoms with E-state index in [0.29, 0.717) is 23.0 Å². The van der Waals surface area contributed by atoms with E-state index >= 15 is 0 Å². The molecule has 0 atom stereocenters.